The first-order valence-corrected chi connectivity index (χ1v) is 13.0. The highest BCUT2D eigenvalue weighted by Crippen LogP contribution is 2.23. The lowest BCUT2D eigenvalue weighted by atomic mass is 10.0. The highest BCUT2D eigenvalue weighted by atomic mass is 32.2. The van der Waals surface area contributed by atoms with Crippen LogP contribution < -0.4 is 9.62 Å². The summed E-state index contributed by atoms with van der Waals surface area (Å²) in [6, 6.07) is 18.8. The largest absolute Gasteiger partial charge is 0.357 e. The van der Waals surface area contributed by atoms with Crippen LogP contribution in [0.25, 0.3) is 0 Å². The summed E-state index contributed by atoms with van der Waals surface area (Å²) >= 11 is 0. The van der Waals surface area contributed by atoms with Crippen LogP contribution >= 0.6 is 0 Å². The molecular formula is C26H27F2N3O4S. The second-order valence-corrected chi connectivity index (χ2v) is 10.1. The van der Waals surface area contributed by atoms with E-state index in [1.165, 1.54) is 43.4 Å². The molecule has 190 valence electrons. The van der Waals surface area contributed by atoms with Crippen molar-refractivity contribution in [3.8, 4) is 0 Å². The highest BCUT2D eigenvalue weighted by Gasteiger charge is 2.33. The molecule has 0 fully saturated rings. The number of sulfonamides is 1. The second-order valence-electron chi connectivity index (χ2n) is 8.15. The van der Waals surface area contributed by atoms with Gasteiger partial charge in [-0.1, -0.05) is 60.7 Å². The number of nitrogens with one attached hydrogen (secondary N) is 1. The first-order chi connectivity index (χ1) is 17.1. The molecule has 0 bridgehead atoms. The lowest BCUT2D eigenvalue weighted by Gasteiger charge is -2.33. The zero-order valence-corrected chi connectivity index (χ0v) is 20.7. The van der Waals surface area contributed by atoms with E-state index >= 15 is 0 Å². The van der Waals surface area contributed by atoms with Crippen LogP contribution in [0, 0.1) is 11.6 Å². The van der Waals surface area contributed by atoms with Crippen LogP contribution in [-0.2, 0) is 32.6 Å². The van der Waals surface area contributed by atoms with E-state index in [-0.39, 0.29) is 24.2 Å². The van der Waals surface area contributed by atoms with Crippen molar-refractivity contribution in [1.29, 1.82) is 0 Å². The smallest absolute Gasteiger partial charge is 0.244 e. The zero-order valence-electron chi connectivity index (χ0n) is 19.9. The van der Waals surface area contributed by atoms with Gasteiger partial charge < -0.3 is 10.2 Å². The molecule has 0 unspecified atom stereocenters. The molecule has 1 atom stereocenters. The lowest BCUT2D eigenvalue weighted by Crippen LogP contribution is -2.53. The van der Waals surface area contributed by atoms with Gasteiger partial charge in [0.05, 0.1) is 11.9 Å². The van der Waals surface area contributed by atoms with Crippen molar-refractivity contribution < 1.29 is 26.8 Å². The summed E-state index contributed by atoms with van der Waals surface area (Å²) in [6.45, 7) is -1.08. The summed E-state index contributed by atoms with van der Waals surface area (Å²) in [5.74, 6) is -2.72. The van der Waals surface area contributed by atoms with Crippen molar-refractivity contribution in [3.05, 3.63) is 102 Å². The van der Waals surface area contributed by atoms with Gasteiger partial charge in [0.15, 0.2) is 0 Å². The molecule has 0 saturated carbocycles. The Morgan fingerprint density at radius 3 is 2.06 bits per heavy atom. The summed E-state index contributed by atoms with van der Waals surface area (Å²) in [5.41, 5.74) is 0.579. The van der Waals surface area contributed by atoms with Crippen LogP contribution in [-0.4, -0.2) is 51.0 Å². The molecule has 0 aliphatic rings. The van der Waals surface area contributed by atoms with Crippen molar-refractivity contribution >= 4 is 27.5 Å². The molecule has 2 amide bonds. The Labute approximate surface area is 209 Å². The zero-order chi connectivity index (χ0) is 26.3. The van der Waals surface area contributed by atoms with Crippen LogP contribution in [0.15, 0.2) is 78.9 Å². The molecule has 10 heteroatoms. The molecular weight excluding hydrogens is 488 g/mol. The van der Waals surface area contributed by atoms with Crippen LogP contribution in [0.5, 0.6) is 0 Å². The average molecular weight is 516 g/mol. The summed E-state index contributed by atoms with van der Waals surface area (Å²) in [7, 11) is -2.68. The maximum absolute atomic E-state index is 14.6. The van der Waals surface area contributed by atoms with Crippen LogP contribution in [0.3, 0.4) is 0 Å². The van der Waals surface area contributed by atoms with Gasteiger partial charge in [0.25, 0.3) is 0 Å². The van der Waals surface area contributed by atoms with Gasteiger partial charge in [-0.15, -0.1) is 0 Å². The molecule has 3 aromatic rings. The van der Waals surface area contributed by atoms with Crippen molar-refractivity contribution in [2.24, 2.45) is 0 Å². The third-order valence-electron chi connectivity index (χ3n) is 5.62. The number of halogens is 2. The minimum atomic E-state index is -4.09. The third kappa shape index (κ3) is 6.66. The molecule has 0 heterocycles. The Kier molecular flexibility index (Phi) is 8.76. The van der Waals surface area contributed by atoms with E-state index in [0.29, 0.717) is 4.31 Å². The SMILES string of the molecule is CNC(=O)[C@@H](Cc1ccccc1)N(Cc1ccccc1F)C(=O)CN(c1ccccc1F)S(C)(=O)=O. The minimum Gasteiger partial charge on any atom is -0.357 e. The van der Waals surface area contributed by atoms with Gasteiger partial charge in [-0.25, -0.2) is 17.2 Å². The molecule has 0 spiro atoms. The van der Waals surface area contributed by atoms with Crippen molar-refractivity contribution in [2.75, 3.05) is 24.2 Å². The molecule has 0 saturated heterocycles. The number of likely N-dealkylation sites (N-methyl/N-ethyl adjacent to an activating group) is 1. The first kappa shape index (κ1) is 26.8. The minimum absolute atomic E-state index is 0.0965. The highest BCUT2D eigenvalue weighted by molar-refractivity contribution is 7.92. The van der Waals surface area contributed by atoms with E-state index in [1.807, 2.05) is 0 Å². The van der Waals surface area contributed by atoms with Gasteiger partial charge in [0, 0.05) is 25.6 Å². The third-order valence-corrected chi connectivity index (χ3v) is 6.74. The second kappa shape index (κ2) is 11.8. The number of carbonyl (C=O) groups is 2. The van der Waals surface area contributed by atoms with E-state index in [1.54, 1.807) is 36.4 Å². The summed E-state index contributed by atoms with van der Waals surface area (Å²) in [5, 5.41) is 2.53. The van der Waals surface area contributed by atoms with E-state index in [0.717, 1.165) is 22.8 Å². The number of hydrogen-bond acceptors (Lipinski definition) is 4. The number of benzene rings is 3. The van der Waals surface area contributed by atoms with Gasteiger partial charge in [-0.2, -0.15) is 0 Å². The van der Waals surface area contributed by atoms with E-state index in [2.05, 4.69) is 5.32 Å². The monoisotopic (exact) mass is 515 g/mol. The summed E-state index contributed by atoms with van der Waals surface area (Å²) in [4.78, 5) is 27.7. The van der Waals surface area contributed by atoms with Crippen molar-refractivity contribution in [1.82, 2.24) is 10.2 Å². The van der Waals surface area contributed by atoms with Gasteiger partial charge in [0.1, 0.15) is 24.2 Å². The molecule has 0 aromatic heterocycles. The predicted octanol–water partition coefficient (Wildman–Crippen LogP) is 3.12. The Hall–Kier alpha value is -3.79. The normalized spacial score (nSPS) is 12.0. The number of nitrogens with zero attached hydrogens (tertiary/aromatic N) is 2. The molecule has 1 N–H and O–H groups in total. The summed E-state index contributed by atoms with van der Waals surface area (Å²) in [6.07, 6.45) is 0.952. The molecule has 0 aliphatic heterocycles. The van der Waals surface area contributed by atoms with E-state index < -0.39 is 46.1 Å². The van der Waals surface area contributed by atoms with Gasteiger partial charge in [-0.05, 0) is 23.8 Å². The number of hydrogen-bond donors (Lipinski definition) is 1. The fourth-order valence-corrected chi connectivity index (χ4v) is 4.63. The predicted molar refractivity (Wildman–Crippen MR) is 134 cm³/mol. The number of anilines is 1. The maximum atomic E-state index is 14.6. The van der Waals surface area contributed by atoms with Crippen LogP contribution in [0.4, 0.5) is 14.5 Å². The number of rotatable bonds is 10. The molecule has 0 radical (unpaired) electrons. The fraction of sp³-hybridized carbons (Fsp3) is 0.231. The molecule has 0 aliphatic carbocycles. The Balaban J connectivity index is 2.05. The number of amides is 2. The van der Waals surface area contributed by atoms with Gasteiger partial charge in [0.2, 0.25) is 21.8 Å². The number of para-hydroxylation sites is 1. The van der Waals surface area contributed by atoms with E-state index in [9.17, 15) is 26.8 Å². The Morgan fingerprint density at radius 2 is 1.47 bits per heavy atom. The average Bonchev–Trinajstić information content (AvgIpc) is 2.85. The molecule has 3 rings (SSSR count). The topological polar surface area (TPSA) is 86.8 Å². The molecule has 3 aromatic carbocycles. The van der Waals surface area contributed by atoms with Crippen molar-refractivity contribution in [3.63, 3.8) is 0 Å². The fourth-order valence-electron chi connectivity index (χ4n) is 3.78. The van der Waals surface area contributed by atoms with E-state index in [4.69, 9.17) is 0 Å². The molecule has 7 nitrogen and oxygen atoms in total. The van der Waals surface area contributed by atoms with Gasteiger partial charge >= 0.3 is 0 Å². The van der Waals surface area contributed by atoms with Crippen LogP contribution in [0.1, 0.15) is 11.1 Å². The molecule has 36 heavy (non-hydrogen) atoms. The van der Waals surface area contributed by atoms with Crippen LogP contribution in [0.2, 0.25) is 0 Å². The quantitative estimate of drug-likeness (QED) is 0.450. The maximum Gasteiger partial charge on any atom is 0.244 e. The Bertz CT molecular complexity index is 1320. The first-order valence-electron chi connectivity index (χ1n) is 11.1. The Morgan fingerprint density at radius 1 is 0.889 bits per heavy atom. The van der Waals surface area contributed by atoms with Crippen molar-refractivity contribution in [2.45, 2.75) is 19.0 Å². The van der Waals surface area contributed by atoms with Gasteiger partial charge in [-0.3, -0.25) is 13.9 Å². The number of carbonyl (C=O) groups excluding carboxylic acids is 2. The summed E-state index contributed by atoms with van der Waals surface area (Å²) < 4.78 is 54.8. The lowest BCUT2D eigenvalue weighted by molar-refractivity contribution is -0.139. The standard InChI is InChI=1S/C26H27F2N3O4S/c1-29-26(33)24(16-19-10-4-3-5-11-19)30(17-20-12-6-7-13-21(20)27)25(32)18-31(36(2,34)35)23-15-9-8-14-22(23)28/h3-15,24H,16-18H2,1-2H3,(H,29,33)/t24-/m1/s1.